The predicted molar refractivity (Wildman–Crippen MR) is 72.3 cm³/mol. The Bertz CT molecular complexity index is 331. The maximum absolute atomic E-state index is 5.63. The van der Waals surface area contributed by atoms with Crippen LogP contribution in [0, 0.1) is 0 Å². The van der Waals surface area contributed by atoms with E-state index in [1.54, 1.807) is 0 Å². The van der Waals surface area contributed by atoms with Crippen LogP contribution >= 0.6 is 0 Å². The lowest BCUT2D eigenvalue weighted by Crippen LogP contribution is -2.35. The van der Waals surface area contributed by atoms with Crippen molar-refractivity contribution in [3.63, 3.8) is 0 Å². The molecule has 3 heteroatoms. The predicted octanol–water partition coefficient (Wildman–Crippen LogP) is 2.26. The van der Waals surface area contributed by atoms with Crippen LogP contribution in [-0.2, 0) is 5.41 Å². The summed E-state index contributed by atoms with van der Waals surface area (Å²) < 4.78 is 5.63. The fraction of sp³-hybridized carbons (Fsp3) is 0.571. The highest BCUT2D eigenvalue weighted by Gasteiger charge is 2.19. The van der Waals surface area contributed by atoms with Crippen LogP contribution in [0.15, 0.2) is 24.3 Å². The molecule has 17 heavy (non-hydrogen) atoms. The quantitative estimate of drug-likeness (QED) is 0.745. The minimum Gasteiger partial charge on any atom is -0.491 e. The first-order chi connectivity index (χ1) is 7.95. The third-order valence-electron chi connectivity index (χ3n) is 2.72. The fourth-order valence-corrected chi connectivity index (χ4v) is 1.74. The maximum atomic E-state index is 5.63. The summed E-state index contributed by atoms with van der Waals surface area (Å²) in [5, 5.41) is 3.18. The minimum absolute atomic E-state index is 0.0791. The molecule has 0 fully saturated rings. The summed E-state index contributed by atoms with van der Waals surface area (Å²) in [5.41, 5.74) is 6.83. The van der Waals surface area contributed by atoms with Gasteiger partial charge in [0.2, 0.25) is 0 Å². The second-order valence-corrected chi connectivity index (χ2v) is 5.21. The Morgan fingerprint density at radius 3 is 2.29 bits per heavy atom. The average Bonchev–Trinajstić information content (AvgIpc) is 2.26. The van der Waals surface area contributed by atoms with Crippen molar-refractivity contribution in [1.29, 1.82) is 0 Å². The number of nitrogens with two attached hydrogens (primary N) is 1. The van der Waals surface area contributed by atoms with Gasteiger partial charge in [-0.15, -0.1) is 0 Å². The van der Waals surface area contributed by atoms with Crippen molar-refractivity contribution < 1.29 is 4.74 Å². The van der Waals surface area contributed by atoms with E-state index in [-0.39, 0.29) is 11.5 Å². The molecule has 1 rings (SSSR count). The van der Waals surface area contributed by atoms with Gasteiger partial charge in [0.1, 0.15) is 5.75 Å². The molecule has 1 aromatic carbocycles. The molecule has 0 amide bonds. The summed E-state index contributed by atoms with van der Waals surface area (Å²) >= 11 is 0. The average molecular weight is 236 g/mol. The Balaban J connectivity index is 2.72. The van der Waals surface area contributed by atoms with Crippen molar-refractivity contribution in [2.75, 3.05) is 13.2 Å². The summed E-state index contributed by atoms with van der Waals surface area (Å²) in [4.78, 5) is 0. The molecular weight excluding hydrogens is 212 g/mol. The minimum atomic E-state index is 0.0791. The van der Waals surface area contributed by atoms with Crippen LogP contribution in [0.5, 0.6) is 5.75 Å². The van der Waals surface area contributed by atoms with Gasteiger partial charge in [-0.2, -0.15) is 0 Å². The number of benzene rings is 1. The molecule has 0 radical (unpaired) electrons. The Kier molecular flexibility index (Phi) is 4.97. The normalized spacial score (nSPS) is 11.9. The summed E-state index contributed by atoms with van der Waals surface area (Å²) in [6.07, 6.45) is 0.216. The number of hydrogen-bond acceptors (Lipinski definition) is 3. The van der Waals surface area contributed by atoms with Gasteiger partial charge in [0.25, 0.3) is 0 Å². The molecule has 3 N–H and O–H groups in total. The molecule has 0 atom stereocenters. The molecule has 0 saturated carbocycles. The molecular formula is C14H24N2O. The number of nitrogens with one attached hydrogen (secondary N) is 1. The van der Waals surface area contributed by atoms with Crippen LogP contribution in [0.2, 0.25) is 0 Å². The van der Waals surface area contributed by atoms with Crippen LogP contribution in [0.25, 0.3) is 0 Å². The second kappa shape index (κ2) is 6.03. The Morgan fingerprint density at radius 2 is 1.82 bits per heavy atom. The molecule has 0 unspecified atom stereocenters. The second-order valence-electron chi connectivity index (χ2n) is 5.21. The lowest BCUT2D eigenvalue weighted by Gasteiger charge is -2.25. The molecule has 1 aromatic rings. The van der Waals surface area contributed by atoms with E-state index in [1.165, 1.54) is 5.56 Å². The highest BCUT2D eigenvalue weighted by molar-refractivity contribution is 5.32. The molecule has 0 bridgehead atoms. The van der Waals surface area contributed by atoms with Crippen LogP contribution in [0.4, 0.5) is 0 Å². The third kappa shape index (κ3) is 4.36. The summed E-state index contributed by atoms with van der Waals surface area (Å²) in [7, 11) is 0. The van der Waals surface area contributed by atoms with Crippen molar-refractivity contribution in [2.45, 2.75) is 39.2 Å². The van der Waals surface area contributed by atoms with Gasteiger partial charge < -0.3 is 15.8 Å². The van der Waals surface area contributed by atoms with E-state index in [0.717, 1.165) is 12.3 Å². The smallest absolute Gasteiger partial charge is 0.119 e. The van der Waals surface area contributed by atoms with Gasteiger partial charge in [-0.05, 0) is 31.5 Å². The zero-order valence-electron chi connectivity index (χ0n) is 11.3. The van der Waals surface area contributed by atoms with Crippen LogP contribution in [0.1, 0.15) is 33.3 Å². The Morgan fingerprint density at radius 1 is 1.24 bits per heavy atom. The van der Waals surface area contributed by atoms with Crippen LogP contribution in [-0.4, -0.2) is 19.3 Å². The number of ether oxygens (including phenoxy) is 1. The molecule has 96 valence electrons. The van der Waals surface area contributed by atoms with Gasteiger partial charge in [0, 0.05) is 18.6 Å². The van der Waals surface area contributed by atoms with E-state index in [2.05, 4.69) is 31.3 Å². The topological polar surface area (TPSA) is 47.3 Å². The molecule has 0 spiro atoms. The van der Waals surface area contributed by atoms with Gasteiger partial charge in [-0.25, -0.2) is 0 Å². The molecule has 0 saturated heterocycles. The molecule has 0 aliphatic carbocycles. The fourth-order valence-electron chi connectivity index (χ4n) is 1.74. The SMILES string of the molecule is CC(C)Oc1ccc(C(C)(C)CNCN)cc1. The van der Waals surface area contributed by atoms with E-state index in [4.69, 9.17) is 10.5 Å². The lowest BCUT2D eigenvalue weighted by molar-refractivity contribution is 0.242. The van der Waals surface area contributed by atoms with E-state index in [1.807, 2.05) is 26.0 Å². The van der Waals surface area contributed by atoms with Crippen LogP contribution in [0.3, 0.4) is 0 Å². The molecule has 0 aliphatic heterocycles. The van der Waals surface area contributed by atoms with Gasteiger partial charge in [0.05, 0.1) is 6.10 Å². The lowest BCUT2D eigenvalue weighted by atomic mass is 9.84. The van der Waals surface area contributed by atoms with E-state index >= 15 is 0 Å². The first kappa shape index (κ1) is 14.0. The first-order valence-corrected chi connectivity index (χ1v) is 6.13. The van der Waals surface area contributed by atoms with Gasteiger partial charge in [-0.3, -0.25) is 0 Å². The zero-order valence-corrected chi connectivity index (χ0v) is 11.3. The molecule has 0 aromatic heterocycles. The standard InChI is InChI=1S/C14H24N2O/c1-11(2)17-13-7-5-12(6-8-13)14(3,4)9-16-10-15/h5-8,11,16H,9-10,15H2,1-4H3. The van der Waals surface area contributed by atoms with Crippen LogP contribution < -0.4 is 15.8 Å². The maximum Gasteiger partial charge on any atom is 0.119 e. The van der Waals surface area contributed by atoms with Gasteiger partial charge in [-0.1, -0.05) is 26.0 Å². The Labute approximate surface area is 104 Å². The zero-order chi connectivity index (χ0) is 12.9. The third-order valence-corrected chi connectivity index (χ3v) is 2.72. The van der Waals surface area contributed by atoms with Crippen molar-refractivity contribution in [1.82, 2.24) is 5.32 Å². The molecule has 0 aliphatic rings. The van der Waals surface area contributed by atoms with Crippen molar-refractivity contribution in [3.8, 4) is 5.75 Å². The highest BCUT2D eigenvalue weighted by atomic mass is 16.5. The van der Waals surface area contributed by atoms with Crippen molar-refractivity contribution in [2.24, 2.45) is 5.73 Å². The monoisotopic (exact) mass is 236 g/mol. The molecule has 0 heterocycles. The van der Waals surface area contributed by atoms with E-state index < -0.39 is 0 Å². The van der Waals surface area contributed by atoms with Crippen molar-refractivity contribution in [3.05, 3.63) is 29.8 Å². The first-order valence-electron chi connectivity index (χ1n) is 6.13. The Hall–Kier alpha value is -1.06. The van der Waals surface area contributed by atoms with Crippen molar-refractivity contribution >= 4 is 0 Å². The summed E-state index contributed by atoms with van der Waals surface area (Å²) in [6, 6.07) is 8.30. The molecule has 3 nitrogen and oxygen atoms in total. The largest absolute Gasteiger partial charge is 0.491 e. The van der Waals surface area contributed by atoms with E-state index in [9.17, 15) is 0 Å². The number of rotatable bonds is 6. The van der Waals surface area contributed by atoms with Gasteiger partial charge in [0.15, 0.2) is 0 Å². The van der Waals surface area contributed by atoms with Gasteiger partial charge >= 0.3 is 0 Å². The number of hydrogen-bond donors (Lipinski definition) is 2. The summed E-state index contributed by atoms with van der Waals surface area (Å²) in [6.45, 7) is 9.85. The van der Waals surface area contributed by atoms with E-state index in [0.29, 0.717) is 6.67 Å². The highest BCUT2D eigenvalue weighted by Crippen LogP contribution is 2.24. The summed E-state index contributed by atoms with van der Waals surface area (Å²) in [5.74, 6) is 0.923.